The van der Waals surface area contributed by atoms with Gasteiger partial charge in [-0.3, -0.25) is 14.3 Å². The number of carbonyl (C=O) groups excluding carboxylic acids is 2. The lowest BCUT2D eigenvalue weighted by atomic mass is 9.92. The first-order chi connectivity index (χ1) is 11.2. The zero-order valence-corrected chi connectivity index (χ0v) is 13.9. The van der Waals surface area contributed by atoms with Crippen molar-refractivity contribution in [2.45, 2.75) is 39.2 Å². The summed E-state index contributed by atoms with van der Waals surface area (Å²) in [6, 6.07) is 1.95. The average molecular weight is 318 g/mol. The summed E-state index contributed by atoms with van der Waals surface area (Å²) in [6.07, 6.45) is 7.44. The lowest BCUT2D eigenvalue weighted by Gasteiger charge is -2.33. The molecular formula is C17H26N4O2. The Morgan fingerprint density at radius 1 is 1.35 bits per heavy atom. The zero-order chi connectivity index (χ0) is 16.2. The number of rotatable bonds is 5. The molecule has 0 bridgehead atoms. The molecule has 2 amide bonds. The maximum atomic E-state index is 12.6. The molecule has 3 rings (SSSR count). The van der Waals surface area contributed by atoms with E-state index in [0.29, 0.717) is 25.4 Å². The molecule has 126 valence electrons. The number of hydrogen-bond acceptors (Lipinski definition) is 3. The molecule has 0 N–H and O–H groups in total. The summed E-state index contributed by atoms with van der Waals surface area (Å²) in [6.45, 7) is 5.90. The highest BCUT2D eigenvalue weighted by molar-refractivity contribution is 5.89. The zero-order valence-electron chi connectivity index (χ0n) is 13.9. The van der Waals surface area contributed by atoms with Crippen LogP contribution >= 0.6 is 0 Å². The van der Waals surface area contributed by atoms with Crippen LogP contribution in [-0.4, -0.2) is 57.6 Å². The number of aromatic nitrogens is 2. The van der Waals surface area contributed by atoms with Gasteiger partial charge in [0.1, 0.15) is 0 Å². The topological polar surface area (TPSA) is 58.4 Å². The minimum Gasteiger partial charge on any atom is -0.342 e. The second-order valence-electron chi connectivity index (χ2n) is 6.66. The molecule has 2 saturated heterocycles. The SMILES string of the molecule is CCN1CC(C(=O)N2CCC(CCn3cccn3)CC2)CC1=O. The number of aryl methyl sites for hydroxylation is 1. The first-order valence-electron chi connectivity index (χ1n) is 8.71. The Labute approximate surface area is 137 Å². The van der Waals surface area contributed by atoms with E-state index < -0.39 is 0 Å². The molecular weight excluding hydrogens is 292 g/mol. The molecule has 1 aromatic heterocycles. The van der Waals surface area contributed by atoms with Gasteiger partial charge in [0.25, 0.3) is 0 Å². The Balaban J connectivity index is 1.43. The minimum atomic E-state index is -0.122. The van der Waals surface area contributed by atoms with Crippen LogP contribution in [-0.2, 0) is 16.1 Å². The maximum Gasteiger partial charge on any atom is 0.227 e. The van der Waals surface area contributed by atoms with Crippen LogP contribution in [0.5, 0.6) is 0 Å². The van der Waals surface area contributed by atoms with E-state index in [-0.39, 0.29) is 17.7 Å². The van der Waals surface area contributed by atoms with Crippen molar-refractivity contribution < 1.29 is 9.59 Å². The summed E-state index contributed by atoms with van der Waals surface area (Å²) in [5.74, 6) is 0.850. The number of nitrogens with zero attached hydrogens (tertiary/aromatic N) is 4. The second-order valence-corrected chi connectivity index (χ2v) is 6.66. The van der Waals surface area contributed by atoms with Crippen molar-refractivity contribution in [3.63, 3.8) is 0 Å². The predicted molar refractivity (Wildman–Crippen MR) is 86.5 cm³/mol. The summed E-state index contributed by atoms with van der Waals surface area (Å²) < 4.78 is 1.97. The minimum absolute atomic E-state index is 0.122. The van der Waals surface area contributed by atoms with Crippen molar-refractivity contribution in [3.05, 3.63) is 18.5 Å². The van der Waals surface area contributed by atoms with Gasteiger partial charge in [-0.1, -0.05) is 0 Å². The summed E-state index contributed by atoms with van der Waals surface area (Å²) in [5.41, 5.74) is 0. The molecule has 6 heteroatoms. The number of carbonyl (C=O) groups is 2. The van der Waals surface area contributed by atoms with E-state index in [1.807, 2.05) is 35.0 Å². The van der Waals surface area contributed by atoms with E-state index in [0.717, 1.165) is 38.9 Å². The van der Waals surface area contributed by atoms with Gasteiger partial charge in [0.15, 0.2) is 0 Å². The maximum absolute atomic E-state index is 12.6. The van der Waals surface area contributed by atoms with Crippen LogP contribution in [0.25, 0.3) is 0 Å². The molecule has 0 aliphatic carbocycles. The molecule has 1 atom stereocenters. The Hall–Kier alpha value is -1.85. The molecule has 0 aromatic carbocycles. The third kappa shape index (κ3) is 3.74. The van der Waals surface area contributed by atoms with E-state index in [1.165, 1.54) is 0 Å². The van der Waals surface area contributed by atoms with Gasteiger partial charge in [-0.2, -0.15) is 5.10 Å². The number of likely N-dealkylation sites (tertiary alicyclic amines) is 2. The van der Waals surface area contributed by atoms with Crippen LogP contribution < -0.4 is 0 Å². The van der Waals surface area contributed by atoms with Crippen LogP contribution in [0.15, 0.2) is 18.5 Å². The summed E-state index contributed by atoms with van der Waals surface area (Å²) >= 11 is 0. The van der Waals surface area contributed by atoms with Crippen LogP contribution in [0, 0.1) is 11.8 Å². The quantitative estimate of drug-likeness (QED) is 0.824. The van der Waals surface area contributed by atoms with Crippen molar-refractivity contribution in [2.24, 2.45) is 11.8 Å². The monoisotopic (exact) mass is 318 g/mol. The molecule has 0 radical (unpaired) electrons. The first kappa shape index (κ1) is 16.0. The van der Waals surface area contributed by atoms with Crippen LogP contribution in [0.4, 0.5) is 0 Å². The van der Waals surface area contributed by atoms with E-state index in [2.05, 4.69) is 5.10 Å². The highest BCUT2D eigenvalue weighted by Crippen LogP contribution is 2.25. The van der Waals surface area contributed by atoms with Crippen molar-refractivity contribution in [2.75, 3.05) is 26.2 Å². The van der Waals surface area contributed by atoms with E-state index >= 15 is 0 Å². The average Bonchev–Trinajstić information content (AvgIpc) is 3.22. The van der Waals surface area contributed by atoms with E-state index in [4.69, 9.17) is 0 Å². The summed E-state index contributed by atoms with van der Waals surface area (Å²) in [5, 5.41) is 4.23. The molecule has 2 aliphatic rings. The van der Waals surface area contributed by atoms with Crippen LogP contribution in [0.3, 0.4) is 0 Å². The Morgan fingerprint density at radius 2 is 2.13 bits per heavy atom. The molecule has 23 heavy (non-hydrogen) atoms. The fraction of sp³-hybridized carbons (Fsp3) is 0.706. The van der Waals surface area contributed by atoms with Gasteiger partial charge in [0, 0.05) is 51.5 Å². The summed E-state index contributed by atoms with van der Waals surface area (Å²) in [7, 11) is 0. The van der Waals surface area contributed by atoms with Gasteiger partial charge in [-0.25, -0.2) is 0 Å². The third-order valence-corrected chi connectivity index (χ3v) is 5.20. The Morgan fingerprint density at radius 3 is 2.74 bits per heavy atom. The lowest BCUT2D eigenvalue weighted by molar-refractivity contribution is -0.137. The number of hydrogen-bond donors (Lipinski definition) is 0. The van der Waals surface area contributed by atoms with Gasteiger partial charge in [-0.05, 0) is 38.2 Å². The Bertz CT molecular complexity index is 535. The van der Waals surface area contributed by atoms with Gasteiger partial charge >= 0.3 is 0 Å². The second kappa shape index (κ2) is 7.15. The Kier molecular flexibility index (Phi) is 4.98. The van der Waals surface area contributed by atoms with Crippen molar-refractivity contribution in [3.8, 4) is 0 Å². The summed E-state index contributed by atoms with van der Waals surface area (Å²) in [4.78, 5) is 28.2. The molecule has 2 aliphatic heterocycles. The van der Waals surface area contributed by atoms with Gasteiger partial charge < -0.3 is 9.80 Å². The molecule has 3 heterocycles. The van der Waals surface area contributed by atoms with Crippen molar-refractivity contribution >= 4 is 11.8 Å². The van der Waals surface area contributed by atoms with Gasteiger partial charge in [-0.15, -0.1) is 0 Å². The van der Waals surface area contributed by atoms with E-state index in [1.54, 1.807) is 4.90 Å². The smallest absolute Gasteiger partial charge is 0.227 e. The molecule has 1 unspecified atom stereocenters. The lowest BCUT2D eigenvalue weighted by Crippen LogP contribution is -2.42. The normalized spacial score (nSPS) is 22.8. The third-order valence-electron chi connectivity index (χ3n) is 5.20. The standard InChI is InChI=1S/C17H26N4O2/c1-2-19-13-15(12-16(19)22)17(23)20-9-4-14(5-10-20)6-11-21-8-3-7-18-21/h3,7-8,14-15H,2,4-6,9-13H2,1H3. The van der Waals surface area contributed by atoms with Crippen LogP contribution in [0.2, 0.25) is 0 Å². The number of amides is 2. The first-order valence-corrected chi connectivity index (χ1v) is 8.71. The largest absolute Gasteiger partial charge is 0.342 e. The predicted octanol–water partition coefficient (Wildman–Crippen LogP) is 1.38. The van der Waals surface area contributed by atoms with Crippen molar-refractivity contribution in [1.82, 2.24) is 19.6 Å². The molecule has 6 nitrogen and oxygen atoms in total. The molecule has 2 fully saturated rings. The highest BCUT2D eigenvalue weighted by atomic mass is 16.2. The van der Waals surface area contributed by atoms with E-state index in [9.17, 15) is 9.59 Å². The highest BCUT2D eigenvalue weighted by Gasteiger charge is 2.36. The van der Waals surface area contributed by atoms with Crippen LogP contribution in [0.1, 0.15) is 32.6 Å². The fourth-order valence-corrected chi connectivity index (χ4v) is 3.69. The van der Waals surface area contributed by atoms with Crippen molar-refractivity contribution in [1.29, 1.82) is 0 Å². The molecule has 0 saturated carbocycles. The number of piperidine rings is 1. The fourth-order valence-electron chi connectivity index (χ4n) is 3.69. The molecule has 1 aromatic rings. The van der Waals surface area contributed by atoms with Gasteiger partial charge in [0.05, 0.1) is 5.92 Å². The molecule has 0 spiro atoms. The van der Waals surface area contributed by atoms with Gasteiger partial charge in [0.2, 0.25) is 11.8 Å².